The van der Waals surface area contributed by atoms with Gasteiger partial charge in [0.25, 0.3) is 0 Å². The van der Waals surface area contributed by atoms with Crippen LogP contribution in [0.1, 0.15) is 31.9 Å². The van der Waals surface area contributed by atoms with Crippen LogP contribution >= 0.6 is 34.8 Å². The molecule has 0 radical (unpaired) electrons. The van der Waals surface area contributed by atoms with Gasteiger partial charge >= 0.3 is 0 Å². The van der Waals surface area contributed by atoms with Gasteiger partial charge in [0.05, 0.1) is 21.8 Å². The van der Waals surface area contributed by atoms with Crippen molar-refractivity contribution in [3.63, 3.8) is 0 Å². The lowest BCUT2D eigenvalue weighted by Gasteiger charge is -2.22. The van der Waals surface area contributed by atoms with E-state index in [4.69, 9.17) is 34.8 Å². The van der Waals surface area contributed by atoms with Gasteiger partial charge in [-0.2, -0.15) is 0 Å². The number of aliphatic hydroxyl groups excluding tert-OH is 1. The average molecular weight is 284 g/mol. The molecule has 1 unspecified atom stereocenters. The third-order valence-electron chi connectivity index (χ3n) is 2.07. The van der Waals surface area contributed by atoms with Gasteiger partial charge in [-0.3, -0.25) is 0 Å². The highest BCUT2D eigenvalue weighted by molar-refractivity contribution is 6.43. The maximum Gasteiger partial charge on any atom is 0.0832 e. The van der Waals surface area contributed by atoms with Crippen LogP contribution in [0.25, 0.3) is 0 Å². The summed E-state index contributed by atoms with van der Waals surface area (Å²) in [6.07, 6.45) is -0.743. The molecule has 0 saturated heterocycles. The summed E-state index contributed by atoms with van der Waals surface area (Å²) < 4.78 is 0. The van der Waals surface area contributed by atoms with Crippen LogP contribution < -0.4 is 0 Å². The molecule has 1 rings (SSSR count). The molecule has 0 amide bonds. The topological polar surface area (TPSA) is 40.5 Å². The van der Waals surface area contributed by atoms with Crippen LogP contribution in [0.3, 0.4) is 0 Å². The molecular weight excluding hydrogens is 270 g/mol. The normalized spacial score (nSPS) is 13.9. The lowest BCUT2D eigenvalue weighted by atomic mass is 9.96. The summed E-state index contributed by atoms with van der Waals surface area (Å²) in [4.78, 5) is 0. The van der Waals surface area contributed by atoms with E-state index in [1.54, 1.807) is 19.9 Å². The largest absolute Gasteiger partial charge is 0.390 e. The van der Waals surface area contributed by atoms with Gasteiger partial charge in [-0.25, -0.2) is 0 Å². The SMILES string of the molecule is CC(C)(O)CC(O)c1cc(Cl)cc(Cl)c1Cl. The summed E-state index contributed by atoms with van der Waals surface area (Å²) in [6, 6.07) is 3.05. The molecule has 90 valence electrons. The highest BCUT2D eigenvalue weighted by Crippen LogP contribution is 2.35. The predicted octanol–water partition coefficient (Wildman–Crippen LogP) is 3.84. The standard InChI is InChI=1S/C11H13Cl3O2/c1-11(2,16)5-9(15)7-3-6(12)4-8(13)10(7)14/h3-4,9,15-16H,5H2,1-2H3. The van der Waals surface area contributed by atoms with E-state index >= 15 is 0 Å². The van der Waals surface area contributed by atoms with Crippen LogP contribution in [-0.4, -0.2) is 15.8 Å². The zero-order chi connectivity index (χ0) is 12.5. The van der Waals surface area contributed by atoms with E-state index in [0.29, 0.717) is 15.6 Å². The highest BCUT2D eigenvalue weighted by Gasteiger charge is 2.22. The van der Waals surface area contributed by atoms with Crippen LogP contribution in [-0.2, 0) is 0 Å². The lowest BCUT2D eigenvalue weighted by Crippen LogP contribution is -2.22. The number of hydrogen-bond donors (Lipinski definition) is 2. The Morgan fingerprint density at radius 2 is 1.81 bits per heavy atom. The molecule has 0 heterocycles. The van der Waals surface area contributed by atoms with Crippen molar-refractivity contribution in [1.82, 2.24) is 0 Å². The van der Waals surface area contributed by atoms with E-state index < -0.39 is 11.7 Å². The second-order valence-electron chi connectivity index (χ2n) is 4.32. The van der Waals surface area contributed by atoms with Crippen molar-refractivity contribution >= 4 is 34.8 Å². The Balaban J connectivity index is 3.04. The third kappa shape index (κ3) is 3.79. The quantitative estimate of drug-likeness (QED) is 0.828. The highest BCUT2D eigenvalue weighted by atomic mass is 35.5. The summed E-state index contributed by atoms with van der Waals surface area (Å²) in [5.41, 5.74) is -0.557. The molecule has 0 fully saturated rings. The van der Waals surface area contributed by atoms with E-state index in [1.165, 1.54) is 6.07 Å². The van der Waals surface area contributed by atoms with Crippen molar-refractivity contribution in [1.29, 1.82) is 0 Å². The van der Waals surface area contributed by atoms with E-state index in [-0.39, 0.29) is 11.4 Å². The number of halogens is 3. The van der Waals surface area contributed by atoms with Gasteiger partial charge < -0.3 is 10.2 Å². The molecule has 1 aromatic rings. The number of rotatable bonds is 3. The Kier molecular flexibility index (Phi) is 4.49. The molecule has 1 atom stereocenters. The Labute approximate surface area is 110 Å². The van der Waals surface area contributed by atoms with Gasteiger partial charge in [0, 0.05) is 17.0 Å². The molecule has 16 heavy (non-hydrogen) atoms. The molecule has 0 aliphatic carbocycles. The molecule has 0 bridgehead atoms. The van der Waals surface area contributed by atoms with Crippen LogP contribution in [0, 0.1) is 0 Å². The fraction of sp³-hybridized carbons (Fsp3) is 0.455. The fourth-order valence-electron chi connectivity index (χ4n) is 1.40. The molecule has 0 aromatic heterocycles. The minimum Gasteiger partial charge on any atom is -0.390 e. The molecule has 0 aliphatic heterocycles. The summed E-state index contributed by atoms with van der Waals surface area (Å²) >= 11 is 17.6. The monoisotopic (exact) mass is 282 g/mol. The Bertz CT molecular complexity index is 386. The van der Waals surface area contributed by atoms with Gasteiger partial charge in [-0.1, -0.05) is 34.8 Å². The lowest BCUT2D eigenvalue weighted by molar-refractivity contribution is 0.0179. The van der Waals surface area contributed by atoms with Gasteiger partial charge in [0.2, 0.25) is 0 Å². The number of benzene rings is 1. The second kappa shape index (κ2) is 5.11. The van der Waals surface area contributed by atoms with E-state index in [1.807, 2.05) is 0 Å². The first-order valence-corrected chi connectivity index (χ1v) is 5.89. The molecular formula is C11H13Cl3O2. The van der Waals surface area contributed by atoms with Crippen LogP contribution in [0.15, 0.2) is 12.1 Å². The minimum absolute atomic E-state index is 0.156. The molecule has 5 heteroatoms. The van der Waals surface area contributed by atoms with Crippen molar-refractivity contribution in [2.75, 3.05) is 0 Å². The maximum absolute atomic E-state index is 9.92. The van der Waals surface area contributed by atoms with Crippen molar-refractivity contribution < 1.29 is 10.2 Å². The predicted molar refractivity (Wildman–Crippen MR) is 67.3 cm³/mol. The van der Waals surface area contributed by atoms with Crippen molar-refractivity contribution in [2.45, 2.75) is 32.0 Å². The zero-order valence-corrected chi connectivity index (χ0v) is 11.2. The third-order valence-corrected chi connectivity index (χ3v) is 3.11. The van der Waals surface area contributed by atoms with Gasteiger partial charge in [0.15, 0.2) is 0 Å². The van der Waals surface area contributed by atoms with E-state index in [9.17, 15) is 10.2 Å². The van der Waals surface area contributed by atoms with Gasteiger partial charge in [-0.05, 0) is 26.0 Å². The van der Waals surface area contributed by atoms with Gasteiger partial charge in [-0.15, -0.1) is 0 Å². The smallest absolute Gasteiger partial charge is 0.0832 e. The molecule has 0 spiro atoms. The van der Waals surface area contributed by atoms with Gasteiger partial charge in [0.1, 0.15) is 0 Å². The second-order valence-corrected chi connectivity index (χ2v) is 5.54. The zero-order valence-electron chi connectivity index (χ0n) is 8.97. The maximum atomic E-state index is 9.92. The van der Waals surface area contributed by atoms with Crippen LogP contribution in [0.4, 0.5) is 0 Å². The average Bonchev–Trinajstić information content (AvgIpc) is 2.08. The van der Waals surface area contributed by atoms with Crippen LogP contribution in [0.5, 0.6) is 0 Å². The molecule has 2 N–H and O–H groups in total. The summed E-state index contributed by atoms with van der Waals surface area (Å²) in [5, 5.41) is 20.5. The Hall–Kier alpha value is 0.01000. The molecule has 0 aliphatic rings. The number of aliphatic hydroxyl groups is 2. The summed E-state index contributed by atoms with van der Waals surface area (Å²) in [6.45, 7) is 3.21. The van der Waals surface area contributed by atoms with Crippen molar-refractivity contribution in [3.8, 4) is 0 Å². The molecule has 2 nitrogen and oxygen atoms in total. The first-order valence-electron chi connectivity index (χ1n) is 4.75. The first kappa shape index (κ1) is 14.1. The summed E-state index contributed by atoms with van der Waals surface area (Å²) in [5.74, 6) is 0. The summed E-state index contributed by atoms with van der Waals surface area (Å²) in [7, 11) is 0. The van der Waals surface area contributed by atoms with Crippen molar-refractivity contribution in [3.05, 3.63) is 32.8 Å². The van der Waals surface area contributed by atoms with Crippen molar-refractivity contribution in [2.24, 2.45) is 0 Å². The Morgan fingerprint density at radius 1 is 1.25 bits per heavy atom. The Morgan fingerprint density at radius 3 is 2.31 bits per heavy atom. The van der Waals surface area contributed by atoms with E-state index in [2.05, 4.69) is 0 Å². The molecule has 1 aromatic carbocycles. The first-order chi connectivity index (χ1) is 7.20. The van der Waals surface area contributed by atoms with E-state index in [0.717, 1.165) is 0 Å². The fourth-order valence-corrected chi connectivity index (χ4v) is 2.15. The number of hydrogen-bond acceptors (Lipinski definition) is 2. The van der Waals surface area contributed by atoms with Crippen LogP contribution in [0.2, 0.25) is 15.1 Å². The minimum atomic E-state index is -0.989. The molecule has 0 saturated carbocycles.